The second-order valence-corrected chi connectivity index (χ2v) is 4.85. The van der Waals surface area contributed by atoms with E-state index in [-0.39, 0.29) is 5.82 Å². The lowest BCUT2D eigenvalue weighted by Gasteiger charge is -2.14. The van der Waals surface area contributed by atoms with Gasteiger partial charge in [0.1, 0.15) is 5.82 Å². The van der Waals surface area contributed by atoms with Crippen molar-refractivity contribution in [3.05, 3.63) is 35.1 Å². The van der Waals surface area contributed by atoms with Gasteiger partial charge in [-0.1, -0.05) is 19.4 Å². The van der Waals surface area contributed by atoms with Crippen LogP contribution < -0.4 is 5.32 Å². The van der Waals surface area contributed by atoms with E-state index in [0.29, 0.717) is 6.04 Å². The first kappa shape index (κ1) is 13.5. The third kappa shape index (κ3) is 3.53. The second-order valence-electron chi connectivity index (χ2n) is 4.85. The number of benzene rings is 1. The van der Waals surface area contributed by atoms with Crippen LogP contribution in [0.1, 0.15) is 43.4 Å². The molecule has 0 saturated heterocycles. The van der Waals surface area contributed by atoms with Crippen molar-refractivity contribution in [1.29, 1.82) is 0 Å². The number of hydrogen-bond acceptors (Lipinski definition) is 2. The van der Waals surface area contributed by atoms with Crippen molar-refractivity contribution in [2.45, 2.75) is 38.6 Å². The summed E-state index contributed by atoms with van der Waals surface area (Å²) < 4.78 is 18.6. The minimum absolute atomic E-state index is 0.128. The molecule has 1 N–H and O–H groups in total. The summed E-state index contributed by atoms with van der Waals surface area (Å²) in [7, 11) is 0. The van der Waals surface area contributed by atoms with Gasteiger partial charge >= 0.3 is 0 Å². The lowest BCUT2D eigenvalue weighted by atomic mass is 10.1. The van der Waals surface area contributed by atoms with Gasteiger partial charge in [0, 0.05) is 19.2 Å². The van der Waals surface area contributed by atoms with Crippen LogP contribution in [0.5, 0.6) is 0 Å². The maximum Gasteiger partial charge on any atom is 0.123 e. The molecule has 0 amide bonds. The van der Waals surface area contributed by atoms with Gasteiger partial charge in [0.05, 0.1) is 6.61 Å². The maximum absolute atomic E-state index is 13.1. The molecule has 3 heteroatoms. The molecule has 0 saturated carbocycles. The third-order valence-electron chi connectivity index (χ3n) is 3.46. The first-order chi connectivity index (χ1) is 8.81. The highest BCUT2D eigenvalue weighted by Gasteiger charge is 2.21. The molecule has 0 fully saturated rings. The van der Waals surface area contributed by atoms with Gasteiger partial charge in [-0.25, -0.2) is 4.39 Å². The fourth-order valence-corrected chi connectivity index (χ4v) is 2.45. The van der Waals surface area contributed by atoms with Crippen LogP contribution in [0.15, 0.2) is 18.2 Å². The predicted molar refractivity (Wildman–Crippen MR) is 71.2 cm³/mol. The van der Waals surface area contributed by atoms with E-state index in [1.165, 1.54) is 12.0 Å². The molecule has 0 spiro atoms. The molecule has 0 radical (unpaired) electrons. The van der Waals surface area contributed by atoms with Gasteiger partial charge in [-0.05, 0) is 42.5 Å². The van der Waals surface area contributed by atoms with Gasteiger partial charge in [0.15, 0.2) is 0 Å². The fraction of sp³-hybridized carbons (Fsp3) is 0.600. The molecule has 1 aromatic rings. The summed E-state index contributed by atoms with van der Waals surface area (Å²) in [5.74, 6) is -0.128. The Kier molecular flexibility index (Phi) is 5.14. The van der Waals surface area contributed by atoms with Crippen LogP contribution in [0.2, 0.25) is 0 Å². The number of rotatable bonds is 7. The van der Waals surface area contributed by atoms with Gasteiger partial charge < -0.3 is 10.1 Å². The number of hydrogen-bond donors (Lipinski definition) is 1. The van der Waals surface area contributed by atoms with Crippen molar-refractivity contribution < 1.29 is 9.13 Å². The predicted octanol–water partition coefficient (Wildman–Crippen LogP) is 3.22. The van der Waals surface area contributed by atoms with Crippen molar-refractivity contribution in [2.75, 3.05) is 19.8 Å². The normalized spacial score (nSPS) is 18.0. The molecule has 2 nitrogen and oxygen atoms in total. The lowest BCUT2D eigenvalue weighted by molar-refractivity contribution is 0.131. The Morgan fingerprint density at radius 2 is 2.28 bits per heavy atom. The van der Waals surface area contributed by atoms with Crippen LogP contribution in [0, 0.1) is 5.82 Å². The van der Waals surface area contributed by atoms with Crippen molar-refractivity contribution in [1.82, 2.24) is 5.32 Å². The molecule has 0 aromatic heterocycles. The molecule has 1 aliphatic carbocycles. The molecule has 1 aliphatic rings. The minimum Gasteiger partial charge on any atom is -0.380 e. The van der Waals surface area contributed by atoms with Gasteiger partial charge in [-0.3, -0.25) is 0 Å². The highest BCUT2D eigenvalue weighted by Crippen LogP contribution is 2.31. The highest BCUT2D eigenvalue weighted by molar-refractivity contribution is 5.34. The Hall–Kier alpha value is -0.930. The first-order valence-corrected chi connectivity index (χ1v) is 6.90. The summed E-state index contributed by atoms with van der Waals surface area (Å²) in [4.78, 5) is 0. The Balaban J connectivity index is 1.73. The maximum atomic E-state index is 13.1. The van der Waals surface area contributed by atoms with E-state index >= 15 is 0 Å². The number of ether oxygens (including phenoxy) is 1. The minimum atomic E-state index is -0.128. The van der Waals surface area contributed by atoms with Gasteiger partial charge in [0.25, 0.3) is 0 Å². The second kappa shape index (κ2) is 6.86. The van der Waals surface area contributed by atoms with E-state index < -0.39 is 0 Å². The molecule has 0 heterocycles. The van der Waals surface area contributed by atoms with E-state index in [4.69, 9.17) is 4.74 Å². The van der Waals surface area contributed by atoms with Crippen molar-refractivity contribution in [3.63, 3.8) is 0 Å². The smallest absolute Gasteiger partial charge is 0.123 e. The highest BCUT2D eigenvalue weighted by atomic mass is 19.1. The molecule has 1 aromatic carbocycles. The topological polar surface area (TPSA) is 21.3 Å². The first-order valence-electron chi connectivity index (χ1n) is 6.90. The third-order valence-corrected chi connectivity index (χ3v) is 3.46. The van der Waals surface area contributed by atoms with Gasteiger partial charge in [0.2, 0.25) is 0 Å². The zero-order chi connectivity index (χ0) is 12.8. The van der Waals surface area contributed by atoms with E-state index in [1.807, 2.05) is 6.07 Å². The van der Waals surface area contributed by atoms with Crippen LogP contribution in [0.4, 0.5) is 4.39 Å². The summed E-state index contributed by atoms with van der Waals surface area (Å²) >= 11 is 0. The van der Waals surface area contributed by atoms with Crippen molar-refractivity contribution >= 4 is 0 Å². The summed E-state index contributed by atoms with van der Waals surface area (Å²) in [5.41, 5.74) is 2.41. The van der Waals surface area contributed by atoms with Crippen molar-refractivity contribution in [2.24, 2.45) is 0 Å². The quantitative estimate of drug-likeness (QED) is 0.751. The molecule has 0 aliphatic heterocycles. The number of halogens is 1. The van der Waals surface area contributed by atoms with Crippen molar-refractivity contribution in [3.8, 4) is 0 Å². The van der Waals surface area contributed by atoms with Crippen LogP contribution in [-0.2, 0) is 11.2 Å². The lowest BCUT2D eigenvalue weighted by Crippen LogP contribution is -2.23. The molecule has 2 rings (SSSR count). The molecule has 100 valence electrons. The Morgan fingerprint density at radius 1 is 1.39 bits per heavy atom. The molecular formula is C15H22FNO. The molecule has 1 unspecified atom stereocenters. The zero-order valence-corrected chi connectivity index (χ0v) is 11.0. The molecule has 1 atom stereocenters. The summed E-state index contributed by atoms with van der Waals surface area (Å²) in [6, 6.07) is 5.49. The number of fused-ring (bicyclic) bond motifs is 1. The van der Waals surface area contributed by atoms with Crippen LogP contribution >= 0.6 is 0 Å². The Morgan fingerprint density at radius 3 is 3.11 bits per heavy atom. The average molecular weight is 251 g/mol. The summed E-state index contributed by atoms with van der Waals surface area (Å²) in [6.07, 6.45) is 4.34. The van der Waals surface area contributed by atoms with E-state index in [0.717, 1.165) is 44.6 Å². The largest absolute Gasteiger partial charge is 0.380 e. The van der Waals surface area contributed by atoms with Gasteiger partial charge in [-0.2, -0.15) is 0 Å². The van der Waals surface area contributed by atoms with E-state index in [9.17, 15) is 4.39 Å². The zero-order valence-electron chi connectivity index (χ0n) is 11.0. The summed E-state index contributed by atoms with van der Waals surface area (Å²) in [6.45, 7) is 4.64. The van der Waals surface area contributed by atoms with Crippen LogP contribution in [0.3, 0.4) is 0 Å². The average Bonchev–Trinajstić information content (AvgIpc) is 2.76. The standard InChI is InChI=1S/C15H22FNO/c1-2-3-9-18-10-8-17-15-7-4-12-11-13(16)5-6-14(12)15/h5-6,11,15,17H,2-4,7-10H2,1H3. The fourth-order valence-electron chi connectivity index (χ4n) is 2.45. The Labute approximate surface area is 109 Å². The molecular weight excluding hydrogens is 229 g/mol. The monoisotopic (exact) mass is 251 g/mol. The van der Waals surface area contributed by atoms with Crippen LogP contribution in [-0.4, -0.2) is 19.8 Å². The number of aryl methyl sites for hydroxylation is 1. The molecule has 0 bridgehead atoms. The van der Waals surface area contributed by atoms with E-state index in [2.05, 4.69) is 12.2 Å². The van der Waals surface area contributed by atoms with Crippen LogP contribution in [0.25, 0.3) is 0 Å². The SMILES string of the molecule is CCCCOCCNC1CCc2cc(F)ccc21. The Bertz CT molecular complexity index is 381. The van der Waals surface area contributed by atoms with Gasteiger partial charge in [-0.15, -0.1) is 0 Å². The number of nitrogens with one attached hydrogen (secondary N) is 1. The van der Waals surface area contributed by atoms with E-state index in [1.54, 1.807) is 12.1 Å². The summed E-state index contributed by atoms with van der Waals surface area (Å²) in [5, 5.41) is 3.49. The number of unbranched alkanes of at least 4 members (excludes halogenated alkanes) is 1. The molecule has 18 heavy (non-hydrogen) atoms.